The number of carbonyl (C=O) groups is 1. The number of hydrogen-bond acceptors (Lipinski definition) is 8. The molecule has 1 amide bonds. The van der Waals surface area contributed by atoms with E-state index in [2.05, 4.69) is 36.4 Å². The second-order valence-corrected chi connectivity index (χ2v) is 7.61. The molecule has 0 spiro atoms. The predicted molar refractivity (Wildman–Crippen MR) is 109 cm³/mol. The number of primary amides is 1. The molecule has 3 N–H and O–H groups in total. The monoisotopic (exact) mass is 395 g/mol. The quantitative estimate of drug-likeness (QED) is 0.659. The zero-order valence-electron chi connectivity index (χ0n) is 15.3. The minimum atomic E-state index is -0.206. The summed E-state index contributed by atoms with van der Waals surface area (Å²) in [5, 5.41) is 13.3. The van der Waals surface area contributed by atoms with Crippen molar-refractivity contribution in [3.63, 3.8) is 0 Å². The lowest BCUT2D eigenvalue weighted by Gasteiger charge is -2.32. The molecule has 0 bridgehead atoms. The van der Waals surface area contributed by atoms with E-state index in [1.807, 2.05) is 24.3 Å². The first-order valence-electron chi connectivity index (χ1n) is 9.17. The first kappa shape index (κ1) is 18.3. The van der Waals surface area contributed by atoms with Crippen molar-refractivity contribution in [1.29, 1.82) is 0 Å². The Balaban J connectivity index is 1.42. The molecule has 0 unspecified atom stereocenters. The van der Waals surface area contributed by atoms with Crippen LogP contribution in [0.15, 0.2) is 42.7 Å². The van der Waals surface area contributed by atoms with Gasteiger partial charge < -0.3 is 16.0 Å². The van der Waals surface area contributed by atoms with Crippen molar-refractivity contribution in [2.24, 2.45) is 11.7 Å². The summed E-state index contributed by atoms with van der Waals surface area (Å²) < 4.78 is 0. The number of nitrogens with one attached hydrogen (secondary N) is 1. The third-order valence-electron chi connectivity index (χ3n) is 4.80. The van der Waals surface area contributed by atoms with Crippen LogP contribution >= 0.6 is 11.3 Å². The third-order valence-corrected chi connectivity index (χ3v) is 5.71. The molecule has 1 fully saturated rings. The minimum absolute atomic E-state index is 0.0343. The van der Waals surface area contributed by atoms with Crippen LogP contribution in [0.4, 0.5) is 10.9 Å². The van der Waals surface area contributed by atoms with Crippen LogP contribution in [0.25, 0.3) is 10.7 Å². The minimum Gasteiger partial charge on any atom is -0.369 e. The number of carbonyl (C=O) groups excluding carboxylic acids is 1. The van der Waals surface area contributed by atoms with E-state index in [1.54, 1.807) is 12.4 Å². The summed E-state index contributed by atoms with van der Waals surface area (Å²) >= 11 is 1.47. The Labute approximate surface area is 166 Å². The van der Waals surface area contributed by atoms with Crippen molar-refractivity contribution < 1.29 is 4.79 Å². The molecule has 1 saturated heterocycles. The van der Waals surface area contributed by atoms with E-state index in [0.717, 1.165) is 53.1 Å². The second-order valence-electron chi connectivity index (χ2n) is 6.63. The highest BCUT2D eigenvalue weighted by molar-refractivity contribution is 7.18. The van der Waals surface area contributed by atoms with Crippen LogP contribution in [-0.2, 0) is 11.3 Å². The van der Waals surface area contributed by atoms with Crippen LogP contribution < -0.4 is 16.0 Å². The molecule has 9 heteroatoms. The van der Waals surface area contributed by atoms with Crippen molar-refractivity contribution in [2.75, 3.05) is 23.3 Å². The predicted octanol–water partition coefficient (Wildman–Crippen LogP) is 2.31. The van der Waals surface area contributed by atoms with Crippen LogP contribution in [0.5, 0.6) is 0 Å². The summed E-state index contributed by atoms with van der Waals surface area (Å²) in [4.78, 5) is 22.5. The lowest BCUT2D eigenvalue weighted by molar-refractivity contribution is -0.122. The second kappa shape index (κ2) is 8.30. The number of hydrogen-bond donors (Lipinski definition) is 2. The number of aromatic nitrogens is 4. The maximum atomic E-state index is 11.4. The molecule has 0 radical (unpaired) electrons. The highest BCUT2D eigenvalue weighted by Crippen LogP contribution is 2.27. The SMILES string of the molecule is NC(=O)C1CCN(c2ncccc2CNc2nnc(-c3ccccn3)s2)CC1. The zero-order chi connectivity index (χ0) is 19.3. The van der Waals surface area contributed by atoms with Crippen LogP contribution in [0, 0.1) is 5.92 Å². The van der Waals surface area contributed by atoms with Gasteiger partial charge in [0.15, 0.2) is 5.01 Å². The van der Waals surface area contributed by atoms with E-state index < -0.39 is 0 Å². The molecule has 0 atom stereocenters. The largest absolute Gasteiger partial charge is 0.369 e. The van der Waals surface area contributed by atoms with Gasteiger partial charge in [0.05, 0.1) is 0 Å². The van der Waals surface area contributed by atoms with Gasteiger partial charge in [0.1, 0.15) is 11.5 Å². The van der Waals surface area contributed by atoms with Gasteiger partial charge in [0.25, 0.3) is 0 Å². The third kappa shape index (κ3) is 4.09. The Morgan fingerprint density at radius 2 is 1.96 bits per heavy atom. The van der Waals surface area contributed by atoms with Gasteiger partial charge in [0.2, 0.25) is 11.0 Å². The number of rotatable bonds is 6. The summed E-state index contributed by atoms with van der Waals surface area (Å²) in [6.07, 6.45) is 5.07. The molecule has 0 aromatic carbocycles. The Morgan fingerprint density at radius 1 is 1.14 bits per heavy atom. The average molecular weight is 395 g/mol. The summed E-state index contributed by atoms with van der Waals surface area (Å²) in [6.45, 7) is 2.15. The van der Waals surface area contributed by atoms with E-state index in [0.29, 0.717) is 6.54 Å². The van der Waals surface area contributed by atoms with E-state index >= 15 is 0 Å². The maximum absolute atomic E-state index is 11.4. The number of nitrogens with zero attached hydrogens (tertiary/aromatic N) is 5. The van der Waals surface area contributed by atoms with Crippen LogP contribution in [-0.4, -0.2) is 39.2 Å². The summed E-state index contributed by atoms with van der Waals surface area (Å²) in [5.74, 6) is 0.697. The van der Waals surface area contributed by atoms with Gasteiger partial charge in [-0.2, -0.15) is 0 Å². The van der Waals surface area contributed by atoms with E-state index in [4.69, 9.17) is 5.73 Å². The fourth-order valence-electron chi connectivity index (χ4n) is 3.29. The molecule has 4 rings (SSSR count). The standard InChI is InChI=1S/C19H21N7OS/c20-16(27)13-6-10-26(11-7-13)17-14(4-3-9-22-17)12-23-19-25-24-18(28-19)15-5-1-2-8-21-15/h1-5,8-9,13H,6-7,10-12H2,(H2,20,27)(H,23,25). The molecule has 1 aliphatic rings. The van der Waals surface area contributed by atoms with Gasteiger partial charge in [-0.25, -0.2) is 4.98 Å². The summed E-state index contributed by atoms with van der Waals surface area (Å²) in [7, 11) is 0. The summed E-state index contributed by atoms with van der Waals surface area (Å²) in [5.41, 5.74) is 7.33. The Hall–Kier alpha value is -3.07. The molecule has 8 nitrogen and oxygen atoms in total. The Kier molecular flexibility index (Phi) is 5.43. The van der Waals surface area contributed by atoms with Crippen LogP contribution in [0.1, 0.15) is 18.4 Å². The normalized spacial score (nSPS) is 14.8. The van der Waals surface area contributed by atoms with Crippen molar-refractivity contribution >= 4 is 28.2 Å². The molecule has 28 heavy (non-hydrogen) atoms. The zero-order valence-corrected chi connectivity index (χ0v) is 16.1. The van der Waals surface area contributed by atoms with Crippen molar-refractivity contribution in [3.8, 4) is 10.7 Å². The average Bonchev–Trinajstić information content (AvgIpc) is 3.22. The van der Waals surface area contributed by atoms with Crippen molar-refractivity contribution in [2.45, 2.75) is 19.4 Å². The molecule has 144 valence electrons. The van der Waals surface area contributed by atoms with Gasteiger partial charge in [-0.15, -0.1) is 10.2 Å². The number of anilines is 2. The molecule has 4 heterocycles. The van der Waals surface area contributed by atoms with E-state index in [9.17, 15) is 4.79 Å². The fraction of sp³-hybridized carbons (Fsp3) is 0.316. The Morgan fingerprint density at radius 3 is 2.71 bits per heavy atom. The summed E-state index contributed by atoms with van der Waals surface area (Å²) in [6, 6.07) is 9.70. The molecule has 3 aromatic heterocycles. The molecule has 3 aromatic rings. The first-order valence-corrected chi connectivity index (χ1v) is 9.99. The van der Waals surface area contributed by atoms with Crippen LogP contribution in [0.2, 0.25) is 0 Å². The van der Waals surface area contributed by atoms with Gasteiger partial charge >= 0.3 is 0 Å². The topological polar surface area (TPSA) is 110 Å². The number of pyridine rings is 2. The first-order chi connectivity index (χ1) is 13.7. The number of nitrogens with two attached hydrogens (primary N) is 1. The molecule has 0 saturated carbocycles. The van der Waals surface area contributed by atoms with Gasteiger partial charge in [-0.05, 0) is 31.0 Å². The molecular weight excluding hydrogens is 374 g/mol. The highest BCUT2D eigenvalue weighted by atomic mass is 32.1. The number of piperidine rings is 1. The lowest BCUT2D eigenvalue weighted by atomic mass is 9.96. The van der Waals surface area contributed by atoms with Crippen molar-refractivity contribution in [3.05, 3.63) is 48.3 Å². The Bertz CT molecular complexity index is 938. The van der Waals surface area contributed by atoms with Crippen LogP contribution in [0.3, 0.4) is 0 Å². The maximum Gasteiger partial charge on any atom is 0.220 e. The van der Waals surface area contributed by atoms with Gasteiger partial charge in [-0.3, -0.25) is 9.78 Å². The van der Waals surface area contributed by atoms with Gasteiger partial charge in [0, 0.05) is 43.5 Å². The molecule has 1 aliphatic heterocycles. The number of amides is 1. The lowest BCUT2D eigenvalue weighted by Crippen LogP contribution is -2.39. The van der Waals surface area contributed by atoms with E-state index in [-0.39, 0.29) is 11.8 Å². The molecule has 0 aliphatic carbocycles. The smallest absolute Gasteiger partial charge is 0.220 e. The van der Waals surface area contributed by atoms with Crippen molar-refractivity contribution in [1.82, 2.24) is 20.2 Å². The molecular formula is C19H21N7OS. The van der Waals surface area contributed by atoms with E-state index in [1.165, 1.54) is 11.3 Å². The fourth-order valence-corrected chi connectivity index (χ4v) is 4.00. The highest BCUT2D eigenvalue weighted by Gasteiger charge is 2.25. The van der Waals surface area contributed by atoms with Gasteiger partial charge in [-0.1, -0.05) is 23.5 Å².